The molecule has 0 unspecified atom stereocenters. The number of carbonyl (C=O) groups excluding carboxylic acids is 1. The molecule has 0 spiro atoms. The van der Waals surface area contributed by atoms with E-state index in [2.05, 4.69) is 24.1 Å². The predicted octanol–water partition coefficient (Wildman–Crippen LogP) is 1.81. The molecular formula is C12H23ClN2O. The van der Waals surface area contributed by atoms with Gasteiger partial charge in [0.2, 0.25) is 5.91 Å². The summed E-state index contributed by atoms with van der Waals surface area (Å²) in [5.74, 6) is 0.626. The minimum Gasteiger partial charge on any atom is -0.337 e. The van der Waals surface area contributed by atoms with Crippen LogP contribution in [0.3, 0.4) is 0 Å². The molecule has 2 fully saturated rings. The first kappa shape index (κ1) is 13.8. The summed E-state index contributed by atoms with van der Waals surface area (Å²) in [4.78, 5) is 14.4. The molecule has 1 amide bonds. The third-order valence-corrected chi connectivity index (χ3v) is 3.40. The highest BCUT2D eigenvalue weighted by atomic mass is 35.5. The fraction of sp³-hybridized carbons (Fsp3) is 0.917. The Balaban J connectivity index is 0.00000128. The lowest BCUT2D eigenvalue weighted by atomic mass is 9.97. The Labute approximate surface area is 104 Å². The Morgan fingerprint density at radius 3 is 2.44 bits per heavy atom. The molecule has 1 saturated carbocycles. The lowest BCUT2D eigenvalue weighted by molar-refractivity contribution is -0.138. The molecular weight excluding hydrogens is 224 g/mol. The number of nitrogens with one attached hydrogen (secondary N) is 1. The molecule has 1 saturated heterocycles. The summed E-state index contributed by atoms with van der Waals surface area (Å²) >= 11 is 0. The largest absolute Gasteiger partial charge is 0.337 e. The normalized spacial score (nSPS) is 25.1. The fourth-order valence-electron chi connectivity index (χ4n) is 2.48. The zero-order chi connectivity index (χ0) is 10.8. The number of carbonyl (C=O) groups is 1. The molecule has 0 aromatic rings. The van der Waals surface area contributed by atoms with E-state index in [4.69, 9.17) is 0 Å². The first-order chi connectivity index (χ1) is 7.20. The molecule has 2 aliphatic rings. The number of halogens is 1. The number of nitrogens with zero attached hydrogens (tertiary/aromatic N) is 1. The predicted molar refractivity (Wildman–Crippen MR) is 67.8 cm³/mol. The van der Waals surface area contributed by atoms with Gasteiger partial charge in [-0.25, -0.2) is 0 Å². The molecule has 1 aliphatic heterocycles. The van der Waals surface area contributed by atoms with Gasteiger partial charge < -0.3 is 10.2 Å². The van der Waals surface area contributed by atoms with Crippen molar-refractivity contribution in [2.75, 3.05) is 13.1 Å². The van der Waals surface area contributed by atoms with Crippen molar-refractivity contribution >= 4 is 18.3 Å². The molecule has 16 heavy (non-hydrogen) atoms. The van der Waals surface area contributed by atoms with E-state index in [1.165, 1.54) is 12.8 Å². The Kier molecular flexibility index (Phi) is 5.06. The number of hydrogen-bond donors (Lipinski definition) is 1. The van der Waals surface area contributed by atoms with Crippen molar-refractivity contribution in [1.29, 1.82) is 0 Å². The molecule has 0 aromatic carbocycles. The second kappa shape index (κ2) is 5.87. The van der Waals surface area contributed by atoms with Gasteiger partial charge in [0.25, 0.3) is 0 Å². The van der Waals surface area contributed by atoms with Gasteiger partial charge in [-0.05, 0) is 46.1 Å². The summed E-state index contributed by atoms with van der Waals surface area (Å²) in [5.41, 5.74) is 0. The summed E-state index contributed by atoms with van der Waals surface area (Å²) in [5, 5.41) is 3.32. The molecule has 0 bridgehead atoms. The highest BCUT2D eigenvalue weighted by molar-refractivity contribution is 5.85. The summed E-state index contributed by atoms with van der Waals surface area (Å²) in [7, 11) is 0. The van der Waals surface area contributed by atoms with Crippen molar-refractivity contribution in [3.8, 4) is 0 Å². The van der Waals surface area contributed by atoms with Gasteiger partial charge in [0, 0.05) is 18.6 Å². The monoisotopic (exact) mass is 246 g/mol. The first-order valence-electron chi connectivity index (χ1n) is 6.23. The summed E-state index contributed by atoms with van der Waals surface area (Å²) in [6.07, 6.45) is 4.64. The molecule has 4 heteroatoms. The highest BCUT2D eigenvalue weighted by Crippen LogP contribution is 2.30. The quantitative estimate of drug-likeness (QED) is 0.824. The van der Waals surface area contributed by atoms with Crippen LogP contribution in [0.5, 0.6) is 0 Å². The van der Waals surface area contributed by atoms with E-state index in [0.29, 0.717) is 18.0 Å². The smallest absolute Gasteiger partial charge is 0.227 e. The van der Waals surface area contributed by atoms with Gasteiger partial charge >= 0.3 is 0 Å². The maximum Gasteiger partial charge on any atom is 0.227 e. The standard InChI is InChI=1S/C12H22N2O.ClH/c1-9(2)14(11-5-6-11)12(15)10-4-3-7-13-8-10;/h9-11,13H,3-8H2,1-2H3;1H/t10-;/m1./s1. The van der Waals surface area contributed by atoms with Gasteiger partial charge in [-0.2, -0.15) is 0 Å². The highest BCUT2D eigenvalue weighted by Gasteiger charge is 2.37. The molecule has 2 rings (SSSR count). The van der Waals surface area contributed by atoms with Crippen molar-refractivity contribution < 1.29 is 4.79 Å². The molecule has 0 radical (unpaired) electrons. The zero-order valence-electron chi connectivity index (χ0n) is 10.2. The maximum atomic E-state index is 12.3. The summed E-state index contributed by atoms with van der Waals surface area (Å²) in [6.45, 7) is 6.22. The molecule has 1 heterocycles. The van der Waals surface area contributed by atoms with Crippen LogP contribution in [0.15, 0.2) is 0 Å². The van der Waals surface area contributed by atoms with E-state index in [1.54, 1.807) is 0 Å². The average molecular weight is 247 g/mol. The average Bonchev–Trinajstić information content (AvgIpc) is 3.03. The van der Waals surface area contributed by atoms with Crippen LogP contribution in [0.2, 0.25) is 0 Å². The summed E-state index contributed by atoms with van der Waals surface area (Å²) in [6, 6.07) is 0.923. The van der Waals surface area contributed by atoms with E-state index in [9.17, 15) is 4.79 Å². The first-order valence-corrected chi connectivity index (χ1v) is 6.23. The Morgan fingerprint density at radius 1 is 1.31 bits per heavy atom. The van der Waals surface area contributed by atoms with Gasteiger partial charge in [0.1, 0.15) is 0 Å². The number of hydrogen-bond acceptors (Lipinski definition) is 2. The second-order valence-electron chi connectivity index (χ2n) is 5.11. The Hall–Kier alpha value is -0.280. The van der Waals surface area contributed by atoms with Gasteiger partial charge in [0.15, 0.2) is 0 Å². The molecule has 94 valence electrons. The van der Waals surface area contributed by atoms with Gasteiger partial charge in [-0.1, -0.05) is 0 Å². The number of piperidine rings is 1. The molecule has 1 aliphatic carbocycles. The molecule has 0 aromatic heterocycles. The zero-order valence-corrected chi connectivity index (χ0v) is 11.1. The lowest BCUT2D eigenvalue weighted by Gasteiger charge is -2.32. The minimum absolute atomic E-state index is 0. The van der Waals surface area contributed by atoms with Crippen molar-refractivity contribution in [3.05, 3.63) is 0 Å². The summed E-state index contributed by atoms with van der Waals surface area (Å²) < 4.78 is 0. The molecule has 3 nitrogen and oxygen atoms in total. The van der Waals surface area contributed by atoms with Crippen molar-refractivity contribution in [1.82, 2.24) is 10.2 Å². The van der Waals surface area contributed by atoms with E-state index in [1.807, 2.05) is 0 Å². The van der Waals surface area contributed by atoms with E-state index >= 15 is 0 Å². The van der Waals surface area contributed by atoms with Crippen LogP contribution in [-0.2, 0) is 4.79 Å². The Morgan fingerprint density at radius 2 is 2.00 bits per heavy atom. The SMILES string of the molecule is CC(C)N(C(=O)[C@@H]1CCCNC1)C1CC1.Cl. The fourth-order valence-corrected chi connectivity index (χ4v) is 2.48. The van der Waals surface area contributed by atoms with Crippen molar-refractivity contribution in [3.63, 3.8) is 0 Å². The third-order valence-electron chi connectivity index (χ3n) is 3.40. The van der Waals surface area contributed by atoms with Crippen LogP contribution in [0.1, 0.15) is 39.5 Å². The van der Waals surface area contributed by atoms with Crippen LogP contribution in [0.25, 0.3) is 0 Å². The topological polar surface area (TPSA) is 32.3 Å². The van der Waals surface area contributed by atoms with Crippen LogP contribution < -0.4 is 5.32 Å². The van der Waals surface area contributed by atoms with Gasteiger partial charge in [-0.15, -0.1) is 12.4 Å². The van der Waals surface area contributed by atoms with Crippen molar-refractivity contribution in [2.24, 2.45) is 5.92 Å². The van der Waals surface area contributed by atoms with Crippen LogP contribution in [-0.4, -0.2) is 36.0 Å². The van der Waals surface area contributed by atoms with Crippen LogP contribution in [0, 0.1) is 5.92 Å². The second-order valence-corrected chi connectivity index (χ2v) is 5.11. The maximum absolute atomic E-state index is 12.3. The van der Waals surface area contributed by atoms with Gasteiger partial charge in [-0.3, -0.25) is 4.79 Å². The van der Waals surface area contributed by atoms with E-state index < -0.39 is 0 Å². The van der Waals surface area contributed by atoms with Gasteiger partial charge in [0.05, 0.1) is 5.92 Å². The van der Waals surface area contributed by atoms with E-state index in [-0.39, 0.29) is 18.3 Å². The van der Waals surface area contributed by atoms with Crippen LogP contribution in [0.4, 0.5) is 0 Å². The van der Waals surface area contributed by atoms with Crippen molar-refractivity contribution in [2.45, 2.75) is 51.6 Å². The number of rotatable bonds is 3. The lowest BCUT2D eigenvalue weighted by Crippen LogP contribution is -2.46. The number of amides is 1. The third kappa shape index (κ3) is 3.11. The Bertz CT molecular complexity index is 233. The van der Waals surface area contributed by atoms with Crippen LogP contribution >= 0.6 is 12.4 Å². The van der Waals surface area contributed by atoms with E-state index in [0.717, 1.165) is 25.9 Å². The molecule has 1 atom stereocenters. The minimum atomic E-state index is 0. The molecule has 1 N–H and O–H groups in total.